The van der Waals surface area contributed by atoms with Gasteiger partial charge in [-0.2, -0.15) is 0 Å². The minimum atomic E-state index is -0.759. The molecule has 0 radical (unpaired) electrons. The molecule has 0 unspecified atom stereocenters. The quantitative estimate of drug-likeness (QED) is 0.261. The third-order valence-corrected chi connectivity index (χ3v) is 7.01. The topological polar surface area (TPSA) is 144 Å². The Morgan fingerprint density at radius 1 is 1.02 bits per heavy atom. The number of benzene rings is 2. The smallest absolute Gasteiger partial charge is 0.350 e. The Labute approximate surface area is 244 Å². The Morgan fingerprint density at radius 2 is 1.73 bits per heavy atom. The number of aryl methyl sites for hydroxylation is 1. The van der Waals surface area contributed by atoms with Gasteiger partial charge < -0.3 is 14.8 Å². The summed E-state index contributed by atoms with van der Waals surface area (Å²) in [5.41, 5.74) is 1.29. The first-order chi connectivity index (χ1) is 19.5. The number of aromatic nitrogens is 1. The van der Waals surface area contributed by atoms with Crippen molar-refractivity contribution in [2.24, 2.45) is 0 Å². The van der Waals surface area contributed by atoms with Crippen LogP contribution in [0.15, 0.2) is 59.3 Å². The first-order valence-corrected chi connectivity index (χ1v) is 13.6. The highest BCUT2D eigenvalue weighted by molar-refractivity contribution is 7.17. The summed E-state index contributed by atoms with van der Waals surface area (Å²) in [7, 11) is 0. The molecule has 1 aliphatic heterocycles. The molecule has 4 rings (SSSR count). The standard InChI is InChI=1S/C28H25ClN4O7S/c1-5-39-27(38)22-15(4)30-28(41-22)32-23(34)16-9-11-18(12-10-16)31-21-20(29)24(35)33(25(21)36)19-8-6-7-17(13-19)26(37)40-14(2)3/h6-14,31H,5H2,1-4H3,(H,30,32,34). The fourth-order valence-electron chi connectivity index (χ4n) is 3.75. The number of anilines is 3. The Bertz CT molecular complexity index is 1580. The van der Waals surface area contributed by atoms with Crippen LogP contribution < -0.4 is 15.5 Å². The summed E-state index contributed by atoms with van der Waals surface area (Å²) in [6, 6.07) is 12.0. The first-order valence-electron chi connectivity index (χ1n) is 12.4. The Morgan fingerprint density at radius 3 is 2.39 bits per heavy atom. The number of carbonyl (C=O) groups is 5. The lowest BCUT2D eigenvalue weighted by molar-refractivity contribution is -0.120. The van der Waals surface area contributed by atoms with Crippen LogP contribution in [-0.2, 0) is 19.1 Å². The van der Waals surface area contributed by atoms with Gasteiger partial charge in [0.2, 0.25) is 0 Å². The number of esters is 2. The van der Waals surface area contributed by atoms with Gasteiger partial charge in [0, 0.05) is 11.3 Å². The Kier molecular flexibility index (Phi) is 8.84. The number of ether oxygens (including phenoxy) is 2. The van der Waals surface area contributed by atoms with E-state index in [2.05, 4.69) is 15.6 Å². The summed E-state index contributed by atoms with van der Waals surface area (Å²) in [5.74, 6) is -3.04. The minimum absolute atomic E-state index is 0.156. The van der Waals surface area contributed by atoms with Crippen LogP contribution in [0.25, 0.3) is 0 Å². The zero-order valence-corrected chi connectivity index (χ0v) is 24.0. The van der Waals surface area contributed by atoms with Gasteiger partial charge in [-0.25, -0.2) is 19.5 Å². The normalized spacial score (nSPS) is 13.1. The van der Waals surface area contributed by atoms with Crippen LogP contribution in [0.5, 0.6) is 0 Å². The largest absolute Gasteiger partial charge is 0.462 e. The highest BCUT2D eigenvalue weighted by Gasteiger charge is 2.39. The summed E-state index contributed by atoms with van der Waals surface area (Å²) in [4.78, 5) is 68.4. The first kappa shape index (κ1) is 29.4. The van der Waals surface area contributed by atoms with Crippen molar-refractivity contribution in [2.45, 2.75) is 33.8 Å². The van der Waals surface area contributed by atoms with Crippen LogP contribution in [0.3, 0.4) is 0 Å². The van der Waals surface area contributed by atoms with Crippen molar-refractivity contribution in [1.82, 2.24) is 4.98 Å². The predicted octanol–water partition coefficient (Wildman–Crippen LogP) is 4.88. The summed E-state index contributed by atoms with van der Waals surface area (Å²) in [6.45, 7) is 6.98. The van der Waals surface area contributed by atoms with Gasteiger partial charge in [-0.05, 0) is 70.2 Å². The monoisotopic (exact) mass is 596 g/mol. The maximum absolute atomic E-state index is 13.2. The van der Waals surface area contributed by atoms with E-state index in [1.54, 1.807) is 27.7 Å². The molecule has 41 heavy (non-hydrogen) atoms. The predicted molar refractivity (Wildman–Crippen MR) is 153 cm³/mol. The average Bonchev–Trinajstić information content (AvgIpc) is 3.40. The molecular formula is C28H25ClN4O7S. The molecule has 1 aromatic heterocycles. The van der Waals surface area contributed by atoms with Crippen LogP contribution >= 0.6 is 22.9 Å². The summed E-state index contributed by atoms with van der Waals surface area (Å²) < 4.78 is 10.2. The number of thiazole rings is 1. The molecule has 212 valence electrons. The molecule has 0 bridgehead atoms. The van der Waals surface area contributed by atoms with Gasteiger partial charge in [-0.3, -0.25) is 19.7 Å². The van der Waals surface area contributed by atoms with Gasteiger partial charge in [0.1, 0.15) is 15.6 Å². The van der Waals surface area contributed by atoms with E-state index < -0.39 is 29.7 Å². The number of carbonyl (C=O) groups excluding carboxylic acids is 5. The van der Waals surface area contributed by atoms with Crippen LogP contribution in [0.1, 0.15) is 56.9 Å². The molecular weight excluding hydrogens is 572 g/mol. The SMILES string of the molecule is CCOC(=O)c1sc(NC(=O)c2ccc(NC3=C(Cl)C(=O)N(c4cccc(C(=O)OC(C)C)c4)C3=O)cc2)nc1C. The Hall–Kier alpha value is -4.55. The van der Waals surface area contributed by atoms with Crippen LogP contribution in [0.2, 0.25) is 0 Å². The average molecular weight is 597 g/mol. The van der Waals surface area contributed by atoms with E-state index >= 15 is 0 Å². The number of hydrogen-bond donors (Lipinski definition) is 2. The van der Waals surface area contributed by atoms with Crippen molar-refractivity contribution in [1.29, 1.82) is 0 Å². The molecule has 0 spiro atoms. The van der Waals surface area contributed by atoms with Crippen LogP contribution in [-0.4, -0.2) is 47.4 Å². The number of halogens is 1. The van der Waals surface area contributed by atoms with Crippen molar-refractivity contribution in [3.8, 4) is 0 Å². The molecule has 11 nitrogen and oxygen atoms in total. The van der Waals surface area contributed by atoms with E-state index in [0.29, 0.717) is 16.3 Å². The zero-order valence-electron chi connectivity index (χ0n) is 22.4. The van der Waals surface area contributed by atoms with Gasteiger partial charge in [0.05, 0.1) is 29.7 Å². The molecule has 3 amide bonds. The zero-order chi connectivity index (χ0) is 29.8. The van der Waals surface area contributed by atoms with Crippen molar-refractivity contribution in [3.63, 3.8) is 0 Å². The number of amides is 3. The second kappa shape index (κ2) is 12.3. The lowest BCUT2D eigenvalue weighted by Gasteiger charge is -2.16. The van der Waals surface area contributed by atoms with Crippen molar-refractivity contribution >= 4 is 69.1 Å². The van der Waals surface area contributed by atoms with E-state index in [4.69, 9.17) is 21.1 Å². The highest BCUT2D eigenvalue weighted by atomic mass is 35.5. The second-order valence-electron chi connectivity index (χ2n) is 8.95. The summed E-state index contributed by atoms with van der Waals surface area (Å²) in [6.07, 6.45) is -0.341. The maximum Gasteiger partial charge on any atom is 0.350 e. The molecule has 2 N–H and O–H groups in total. The summed E-state index contributed by atoms with van der Waals surface area (Å²) in [5, 5.41) is 5.39. The third kappa shape index (κ3) is 6.44. The fourth-order valence-corrected chi connectivity index (χ4v) is 4.82. The molecule has 0 saturated carbocycles. The number of nitrogens with zero attached hydrogens (tertiary/aromatic N) is 2. The number of hydrogen-bond acceptors (Lipinski definition) is 10. The fraction of sp³-hybridized carbons (Fsp3) is 0.214. The third-order valence-electron chi connectivity index (χ3n) is 5.60. The lowest BCUT2D eigenvalue weighted by atomic mass is 10.2. The number of imide groups is 1. The molecule has 13 heteroatoms. The van der Waals surface area contributed by atoms with Gasteiger partial charge >= 0.3 is 11.9 Å². The van der Waals surface area contributed by atoms with Gasteiger partial charge in [-0.1, -0.05) is 29.0 Å². The van der Waals surface area contributed by atoms with E-state index in [1.165, 1.54) is 48.5 Å². The molecule has 0 fully saturated rings. The van der Waals surface area contributed by atoms with Gasteiger partial charge in [-0.15, -0.1) is 0 Å². The molecule has 2 aromatic carbocycles. The van der Waals surface area contributed by atoms with Crippen molar-refractivity contribution < 1.29 is 33.4 Å². The van der Waals surface area contributed by atoms with Gasteiger partial charge in [0.25, 0.3) is 17.7 Å². The van der Waals surface area contributed by atoms with Gasteiger partial charge in [0.15, 0.2) is 5.13 Å². The van der Waals surface area contributed by atoms with Crippen LogP contribution in [0, 0.1) is 6.92 Å². The van der Waals surface area contributed by atoms with E-state index in [0.717, 1.165) is 16.2 Å². The number of rotatable bonds is 9. The Balaban J connectivity index is 1.45. The van der Waals surface area contributed by atoms with E-state index in [1.807, 2.05) is 0 Å². The molecule has 2 heterocycles. The lowest BCUT2D eigenvalue weighted by Crippen LogP contribution is -2.32. The highest BCUT2D eigenvalue weighted by Crippen LogP contribution is 2.31. The molecule has 1 aliphatic rings. The van der Waals surface area contributed by atoms with Crippen molar-refractivity contribution in [3.05, 3.63) is 81.0 Å². The summed E-state index contributed by atoms with van der Waals surface area (Å²) >= 11 is 7.24. The second-order valence-corrected chi connectivity index (χ2v) is 10.3. The number of nitrogens with one attached hydrogen (secondary N) is 2. The molecule has 0 saturated heterocycles. The molecule has 0 atom stereocenters. The molecule has 0 aliphatic carbocycles. The maximum atomic E-state index is 13.2. The van der Waals surface area contributed by atoms with Crippen molar-refractivity contribution in [2.75, 3.05) is 22.1 Å². The molecule has 3 aromatic rings. The van der Waals surface area contributed by atoms with E-state index in [9.17, 15) is 24.0 Å². The van der Waals surface area contributed by atoms with Crippen LogP contribution in [0.4, 0.5) is 16.5 Å². The minimum Gasteiger partial charge on any atom is -0.462 e. The van der Waals surface area contributed by atoms with E-state index in [-0.39, 0.29) is 45.4 Å².